The number of carbonyl (C=O) groups is 1. The number of ether oxygens (including phenoxy) is 1. The summed E-state index contributed by atoms with van der Waals surface area (Å²) in [5.74, 6) is -0.399. The first-order chi connectivity index (χ1) is 17.0. The molecule has 1 saturated heterocycles. The number of benzene rings is 2. The highest BCUT2D eigenvalue weighted by Crippen LogP contribution is 2.33. The molecular formula is C24H29N3O6S3. The highest BCUT2D eigenvalue weighted by atomic mass is 32.2. The summed E-state index contributed by atoms with van der Waals surface area (Å²) < 4.78 is 56.1. The molecule has 2 aromatic carbocycles. The molecule has 0 spiro atoms. The minimum atomic E-state index is -3.57. The average molecular weight is 552 g/mol. The highest BCUT2D eigenvalue weighted by Gasteiger charge is 2.26. The smallest absolute Gasteiger partial charge is 0.260 e. The van der Waals surface area contributed by atoms with Crippen molar-refractivity contribution in [1.29, 1.82) is 0 Å². The van der Waals surface area contributed by atoms with Crippen molar-refractivity contribution in [2.75, 3.05) is 50.5 Å². The van der Waals surface area contributed by atoms with Gasteiger partial charge in [0.2, 0.25) is 0 Å². The van der Waals surface area contributed by atoms with Gasteiger partial charge in [0.15, 0.2) is 24.8 Å². The second kappa shape index (κ2) is 10.5. The van der Waals surface area contributed by atoms with Crippen LogP contribution in [0.25, 0.3) is 10.2 Å². The first-order valence-corrected chi connectivity index (χ1v) is 15.8. The van der Waals surface area contributed by atoms with Crippen LogP contribution in [-0.2, 0) is 24.4 Å². The maximum absolute atomic E-state index is 13.8. The molecule has 4 rings (SSSR count). The van der Waals surface area contributed by atoms with Gasteiger partial charge >= 0.3 is 0 Å². The second-order valence-electron chi connectivity index (χ2n) is 8.90. The van der Waals surface area contributed by atoms with Crippen LogP contribution in [0.3, 0.4) is 0 Å². The van der Waals surface area contributed by atoms with Gasteiger partial charge in [0.1, 0.15) is 5.52 Å². The molecule has 0 N–H and O–H groups in total. The molecule has 3 aromatic rings. The molecule has 0 radical (unpaired) electrons. The van der Waals surface area contributed by atoms with Crippen LogP contribution in [0.4, 0.5) is 5.13 Å². The Labute approximate surface area is 215 Å². The molecular weight excluding hydrogens is 522 g/mol. The number of nitrogens with zero attached hydrogens (tertiary/aromatic N) is 3. The second-order valence-corrected chi connectivity index (χ2v) is 14.4. The predicted octanol–water partition coefficient (Wildman–Crippen LogP) is 2.86. The van der Waals surface area contributed by atoms with Crippen molar-refractivity contribution < 1.29 is 26.4 Å². The molecule has 36 heavy (non-hydrogen) atoms. The van der Waals surface area contributed by atoms with Crippen molar-refractivity contribution in [2.24, 2.45) is 0 Å². The molecule has 1 fully saturated rings. The Morgan fingerprint density at radius 2 is 1.81 bits per heavy atom. The lowest BCUT2D eigenvalue weighted by atomic mass is 10.2. The number of fused-ring (bicyclic) bond motifs is 1. The van der Waals surface area contributed by atoms with Crippen LogP contribution in [0, 0.1) is 0 Å². The summed E-state index contributed by atoms with van der Waals surface area (Å²) in [6, 6.07) is 10.9. The van der Waals surface area contributed by atoms with Crippen LogP contribution in [0.5, 0.6) is 0 Å². The Balaban J connectivity index is 1.75. The third kappa shape index (κ3) is 5.62. The van der Waals surface area contributed by atoms with E-state index in [-0.39, 0.29) is 15.4 Å². The third-order valence-electron chi connectivity index (χ3n) is 6.02. The Kier molecular flexibility index (Phi) is 7.81. The van der Waals surface area contributed by atoms with Gasteiger partial charge in [-0.3, -0.25) is 14.6 Å². The monoisotopic (exact) mass is 551 g/mol. The highest BCUT2D eigenvalue weighted by molar-refractivity contribution is 7.92. The first kappa shape index (κ1) is 26.7. The van der Waals surface area contributed by atoms with Crippen molar-refractivity contribution in [2.45, 2.75) is 28.9 Å². The van der Waals surface area contributed by atoms with Crippen LogP contribution in [0.15, 0.2) is 52.3 Å². The van der Waals surface area contributed by atoms with E-state index < -0.39 is 30.8 Å². The normalized spacial score (nSPS) is 15.4. The zero-order valence-corrected chi connectivity index (χ0v) is 22.8. The summed E-state index contributed by atoms with van der Waals surface area (Å²) in [6.07, 6.45) is 1.13. The average Bonchev–Trinajstić information content (AvgIpc) is 3.28. The number of thiazole rings is 1. The molecule has 0 saturated carbocycles. The van der Waals surface area contributed by atoms with Gasteiger partial charge in [-0.1, -0.05) is 23.5 Å². The summed E-state index contributed by atoms with van der Waals surface area (Å²) in [6.45, 7) is 6.76. The van der Waals surface area contributed by atoms with Crippen LogP contribution in [0.1, 0.15) is 24.2 Å². The van der Waals surface area contributed by atoms with Gasteiger partial charge in [0.05, 0.1) is 33.0 Å². The molecule has 194 valence electrons. The van der Waals surface area contributed by atoms with E-state index in [1.165, 1.54) is 34.4 Å². The number of rotatable bonds is 8. The van der Waals surface area contributed by atoms with Crippen molar-refractivity contribution in [3.05, 3.63) is 48.0 Å². The van der Waals surface area contributed by atoms with Gasteiger partial charge in [-0.05, 0) is 44.2 Å². The van der Waals surface area contributed by atoms with E-state index in [1.807, 2.05) is 0 Å². The van der Waals surface area contributed by atoms with Crippen LogP contribution >= 0.6 is 11.3 Å². The maximum Gasteiger partial charge on any atom is 0.260 e. The summed E-state index contributed by atoms with van der Waals surface area (Å²) in [7, 11) is -7.09. The number of hydrogen-bond acceptors (Lipinski definition) is 9. The number of carbonyl (C=O) groups excluding carboxylic acids is 1. The Morgan fingerprint density at radius 3 is 2.47 bits per heavy atom. The summed E-state index contributed by atoms with van der Waals surface area (Å²) in [5.41, 5.74) is 0.543. The molecule has 1 aromatic heterocycles. The number of morpholine rings is 1. The van der Waals surface area contributed by atoms with Gasteiger partial charge in [0, 0.05) is 38.0 Å². The largest absolute Gasteiger partial charge is 0.379 e. The lowest BCUT2D eigenvalue weighted by molar-refractivity contribution is 0.0391. The van der Waals surface area contributed by atoms with E-state index in [0.29, 0.717) is 41.7 Å². The molecule has 1 aliphatic heterocycles. The molecule has 9 nitrogen and oxygen atoms in total. The number of anilines is 1. The van der Waals surface area contributed by atoms with Crippen LogP contribution in [0.2, 0.25) is 0 Å². The van der Waals surface area contributed by atoms with Crippen molar-refractivity contribution >= 4 is 52.3 Å². The standard InChI is InChI=1S/C24H29N3O6S3/c1-17(2)36(31,32)19-7-4-6-18(16-19)23(28)27(11-10-26-12-14-33-15-13-26)24-25-22-20(34-24)8-5-9-21(22)35(3,29)30/h4-9,16-17H,10-15H2,1-3H3. The molecule has 1 aliphatic rings. The maximum atomic E-state index is 13.8. The minimum absolute atomic E-state index is 0.0835. The summed E-state index contributed by atoms with van der Waals surface area (Å²) >= 11 is 1.23. The van der Waals surface area contributed by atoms with Gasteiger partial charge < -0.3 is 4.74 Å². The van der Waals surface area contributed by atoms with Gasteiger partial charge in [-0.2, -0.15) is 0 Å². The Morgan fingerprint density at radius 1 is 1.11 bits per heavy atom. The van der Waals surface area contributed by atoms with Crippen molar-refractivity contribution in [3.63, 3.8) is 0 Å². The van der Waals surface area contributed by atoms with Gasteiger partial charge in [-0.15, -0.1) is 0 Å². The minimum Gasteiger partial charge on any atom is -0.379 e. The molecule has 2 heterocycles. The SMILES string of the molecule is CC(C)S(=O)(=O)c1cccc(C(=O)N(CCN2CCOCC2)c2nc3c(S(C)(=O)=O)cccc3s2)c1. The molecule has 0 aliphatic carbocycles. The van der Waals surface area contributed by atoms with Crippen LogP contribution in [-0.4, -0.2) is 83.5 Å². The lowest BCUT2D eigenvalue weighted by Crippen LogP contribution is -2.43. The summed E-state index contributed by atoms with van der Waals surface area (Å²) in [4.78, 5) is 22.2. The lowest BCUT2D eigenvalue weighted by Gasteiger charge is -2.29. The number of aromatic nitrogens is 1. The number of para-hydroxylation sites is 1. The Hall–Kier alpha value is -2.38. The van der Waals surface area contributed by atoms with Gasteiger partial charge in [-0.25, -0.2) is 21.8 Å². The van der Waals surface area contributed by atoms with E-state index >= 15 is 0 Å². The van der Waals surface area contributed by atoms with E-state index in [0.717, 1.165) is 19.3 Å². The fraction of sp³-hybridized carbons (Fsp3) is 0.417. The molecule has 12 heteroatoms. The van der Waals surface area contributed by atoms with Crippen molar-refractivity contribution in [3.8, 4) is 0 Å². The van der Waals surface area contributed by atoms with Crippen molar-refractivity contribution in [1.82, 2.24) is 9.88 Å². The first-order valence-electron chi connectivity index (χ1n) is 11.5. The molecule has 0 bridgehead atoms. The number of amides is 1. The van der Waals surface area contributed by atoms with E-state index in [4.69, 9.17) is 4.74 Å². The quantitative estimate of drug-likeness (QED) is 0.420. The van der Waals surface area contributed by atoms with E-state index in [1.54, 1.807) is 38.1 Å². The summed E-state index contributed by atoms with van der Waals surface area (Å²) in [5, 5.41) is -0.268. The third-order valence-corrected chi connectivity index (χ3v) is 10.3. The molecule has 0 unspecified atom stereocenters. The zero-order chi connectivity index (χ0) is 26.1. The number of sulfone groups is 2. The Bertz CT molecular complexity index is 1480. The van der Waals surface area contributed by atoms with Crippen LogP contribution < -0.4 is 4.90 Å². The fourth-order valence-electron chi connectivity index (χ4n) is 3.91. The predicted molar refractivity (Wildman–Crippen MR) is 140 cm³/mol. The fourth-order valence-corrected chi connectivity index (χ4v) is 6.93. The molecule has 1 amide bonds. The van der Waals surface area contributed by atoms with E-state index in [2.05, 4.69) is 9.88 Å². The van der Waals surface area contributed by atoms with Gasteiger partial charge in [0.25, 0.3) is 5.91 Å². The molecule has 0 atom stereocenters. The topological polar surface area (TPSA) is 114 Å². The number of hydrogen-bond donors (Lipinski definition) is 0. The van der Waals surface area contributed by atoms with E-state index in [9.17, 15) is 21.6 Å². The zero-order valence-electron chi connectivity index (χ0n) is 20.4.